The highest BCUT2D eigenvalue weighted by molar-refractivity contribution is 6.08. The number of nitrogens with zero attached hydrogens (tertiary/aromatic N) is 1. The normalized spacial score (nSPS) is 17.9. The second-order valence-corrected chi connectivity index (χ2v) is 6.19. The second-order valence-electron chi connectivity index (χ2n) is 6.19. The lowest BCUT2D eigenvalue weighted by Gasteiger charge is -2.27. The molecule has 1 atom stereocenters. The maximum absolute atomic E-state index is 12.5. The molecule has 0 saturated carbocycles. The molecule has 24 heavy (non-hydrogen) atoms. The second kappa shape index (κ2) is 8.11. The van der Waals surface area contributed by atoms with Crippen LogP contribution in [-0.4, -0.2) is 47.9 Å². The van der Waals surface area contributed by atoms with Crippen molar-refractivity contribution in [2.24, 2.45) is 0 Å². The van der Waals surface area contributed by atoms with Crippen LogP contribution >= 0.6 is 0 Å². The van der Waals surface area contributed by atoms with Crippen molar-refractivity contribution < 1.29 is 19.6 Å². The molecule has 1 heterocycles. The van der Waals surface area contributed by atoms with Crippen LogP contribution in [0.15, 0.2) is 41.7 Å². The van der Waals surface area contributed by atoms with Crippen molar-refractivity contribution in [2.75, 3.05) is 26.2 Å². The van der Waals surface area contributed by atoms with Gasteiger partial charge < -0.3 is 14.9 Å². The van der Waals surface area contributed by atoms with Crippen molar-refractivity contribution in [1.29, 1.82) is 0 Å². The quantitative estimate of drug-likeness (QED) is 0.754. The molecule has 130 valence electrons. The fraction of sp³-hybridized carbons (Fsp3) is 0.474. The molecular formula is C19H27N2O3+. The van der Waals surface area contributed by atoms with Gasteiger partial charge in [0.05, 0.1) is 31.2 Å². The van der Waals surface area contributed by atoms with E-state index in [1.165, 1.54) is 11.8 Å². The van der Waals surface area contributed by atoms with Crippen molar-refractivity contribution in [2.45, 2.75) is 33.2 Å². The highest BCUT2D eigenvalue weighted by atomic mass is 16.3. The summed E-state index contributed by atoms with van der Waals surface area (Å²) in [6, 6.07) is 8.95. The molecule has 0 spiro atoms. The van der Waals surface area contributed by atoms with Gasteiger partial charge in [-0.1, -0.05) is 30.3 Å². The molecule has 5 heteroatoms. The third-order valence-corrected chi connectivity index (χ3v) is 4.73. The van der Waals surface area contributed by atoms with Crippen LogP contribution in [-0.2, 0) is 9.59 Å². The van der Waals surface area contributed by atoms with Crippen molar-refractivity contribution in [3.63, 3.8) is 0 Å². The first-order valence-electron chi connectivity index (χ1n) is 8.64. The van der Waals surface area contributed by atoms with Crippen molar-refractivity contribution >= 4 is 11.7 Å². The maximum Gasteiger partial charge on any atom is 0.290 e. The van der Waals surface area contributed by atoms with Crippen molar-refractivity contribution in [3.05, 3.63) is 47.2 Å². The number of hydrogen-bond acceptors (Lipinski definition) is 3. The minimum absolute atomic E-state index is 0.210. The lowest BCUT2D eigenvalue weighted by molar-refractivity contribution is -0.896. The third kappa shape index (κ3) is 3.67. The third-order valence-electron chi connectivity index (χ3n) is 4.73. The number of hydrogen-bond donors (Lipinski definition) is 2. The number of quaternary nitrogens is 1. The lowest BCUT2D eigenvalue weighted by Crippen LogP contribution is -3.11. The molecule has 0 aliphatic carbocycles. The molecule has 5 nitrogen and oxygen atoms in total. The van der Waals surface area contributed by atoms with Gasteiger partial charge in [0.2, 0.25) is 0 Å². The van der Waals surface area contributed by atoms with Crippen molar-refractivity contribution in [3.8, 4) is 0 Å². The van der Waals surface area contributed by atoms with E-state index in [1.807, 2.05) is 30.3 Å². The molecule has 2 rings (SSSR count). The average Bonchev–Trinajstić information content (AvgIpc) is 2.84. The van der Waals surface area contributed by atoms with Gasteiger partial charge in [0.25, 0.3) is 5.91 Å². The predicted molar refractivity (Wildman–Crippen MR) is 92.8 cm³/mol. The summed E-state index contributed by atoms with van der Waals surface area (Å²) < 4.78 is 0. The molecule has 2 N–H and O–H groups in total. The molecule has 0 radical (unpaired) electrons. The van der Waals surface area contributed by atoms with E-state index in [0.29, 0.717) is 6.54 Å². The predicted octanol–water partition coefficient (Wildman–Crippen LogP) is 1.29. The van der Waals surface area contributed by atoms with Crippen LogP contribution in [0.2, 0.25) is 0 Å². The van der Waals surface area contributed by atoms with Gasteiger partial charge in [-0.2, -0.15) is 0 Å². The summed E-state index contributed by atoms with van der Waals surface area (Å²) in [6.07, 6.45) is 0.838. The van der Waals surface area contributed by atoms with Crippen LogP contribution in [0.25, 0.3) is 0 Å². The minimum Gasteiger partial charge on any atom is -0.503 e. The van der Waals surface area contributed by atoms with Gasteiger partial charge in [0.15, 0.2) is 11.5 Å². The minimum atomic E-state index is -0.483. The number of aliphatic hydroxyl groups is 1. The van der Waals surface area contributed by atoms with Crippen LogP contribution in [0.3, 0.4) is 0 Å². The van der Waals surface area contributed by atoms with E-state index in [0.717, 1.165) is 31.6 Å². The standard InChI is InChI=1S/C19H26N2O3/c1-4-20(5-2)12-9-13-21-17(15-10-7-6-8-11-15)16(14(3)22)18(23)19(21)24/h6-8,10-11,17,23H,4-5,9,12-13H2,1-3H3/p+1/t17-/m0/s1. The average molecular weight is 331 g/mol. The summed E-state index contributed by atoms with van der Waals surface area (Å²) in [7, 11) is 0. The Balaban J connectivity index is 2.23. The fourth-order valence-corrected chi connectivity index (χ4v) is 3.33. The number of ketones is 1. The molecule has 0 unspecified atom stereocenters. The number of aliphatic hydroxyl groups excluding tert-OH is 1. The molecule has 0 aromatic heterocycles. The van der Waals surface area contributed by atoms with E-state index in [9.17, 15) is 14.7 Å². The lowest BCUT2D eigenvalue weighted by atomic mass is 9.97. The zero-order valence-corrected chi connectivity index (χ0v) is 14.7. The molecule has 0 saturated heterocycles. The van der Waals surface area contributed by atoms with Gasteiger partial charge in [-0.3, -0.25) is 9.59 Å². The first-order chi connectivity index (χ1) is 11.5. The van der Waals surface area contributed by atoms with Gasteiger partial charge in [-0.05, 0) is 26.3 Å². The van der Waals surface area contributed by atoms with Crippen molar-refractivity contribution in [1.82, 2.24) is 4.90 Å². The van der Waals surface area contributed by atoms with E-state index in [4.69, 9.17) is 0 Å². The highest BCUT2D eigenvalue weighted by Crippen LogP contribution is 2.37. The summed E-state index contributed by atoms with van der Waals surface area (Å²) in [5.74, 6) is -1.10. The Hall–Kier alpha value is -2.14. The van der Waals surface area contributed by atoms with E-state index >= 15 is 0 Å². The Labute approximate surface area is 143 Å². The Morgan fingerprint density at radius 2 is 1.83 bits per heavy atom. The number of Topliss-reactive ketones (excluding diaryl/α,β-unsaturated/α-hetero) is 1. The van der Waals surface area contributed by atoms with E-state index < -0.39 is 17.7 Å². The molecule has 0 bridgehead atoms. The Morgan fingerprint density at radius 3 is 2.38 bits per heavy atom. The zero-order chi connectivity index (χ0) is 17.7. The number of carbonyl (C=O) groups is 2. The van der Waals surface area contributed by atoms with Crippen LogP contribution in [0.1, 0.15) is 38.8 Å². The van der Waals surface area contributed by atoms with E-state index in [1.54, 1.807) is 4.90 Å². The number of benzene rings is 1. The van der Waals surface area contributed by atoms with Crippen LogP contribution in [0.4, 0.5) is 0 Å². The summed E-state index contributed by atoms with van der Waals surface area (Å²) in [4.78, 5) is 27.6. The number of carbonyl (C=O) groups excluding carboxylic acids is 2. The molecule has 1 aliphatic heterocycles. The molecule has 1 aromatic carbocycles. The Morgan fingerprint density at radius 1 is 1.21 bits per heavy atom. The number of nitrogens with one attached hydrogen (secondary N) is 1. The maximum atomic E-state index is 12.5. The Kier molecular flexibility index (Phi) is 6.15. The van der Waals surface area contributed by atoms with E-state index in [-0.39, 0.29) is 11.4 Å². The topological polar surface area (TPSA) is 62.1 Å². The first kappa shape index (κ1) is 18.2. The summed E-state index contributed by atoms with van der Waals surface area (Å²) in [5.41, 5.74) is 1.07. The van der Waals surface area contributed by atoms with Gasteiger partial charge in [-0.25, -0.2) is 0 Å². The van der Waals surface area contributed by atoms with Gasteiger partial charge in [-0.15, -0.1) is 0 Å². The SMILES string of the molecule is CC[NH+](CC)CCCN1C(=O)C(O)=C(C(C)=O)[C@@H]1c1ccccc1. The molecule has 1 amide bonds. The molecule has 1 aromatic rings. The first-order valence-corrected chi connectivity index (χ1v) is 8.64. The van der Waals surface area contributed by atoms with Gasteiger partial charge in [0.1, 0.15) is 0 Å². The number of amides is 1. The smallest absolute Gasteiger partial charge is 0.290 e. The summed E-state index contributed by atoms with van der Waals surface area (Å²) in [6.45, 7) is 9.29. The Bertz CT molecular complexity index is 621. The summed E-state index contributed by atoms with van der Waals surface area (Å²) in [5, 5.41) is 10.2. The highest BCUT2D eigenvalue weighted by Gasteiger charge is 2.41. The number of rotatable bonds is 8. The monoisotopic (exact) mass is 331 g/mol. The fourth-order valence-electron chi connectivity index (χ4n) is 3.33. The largest absolute Gasteiger partial charge is 0.503 e. The van der Waals surface area contributed by atoms with Gasteiger partial charge >= 0.3 is 0 Å². The van der Waals surface area contributed by atoms with Gasteiger partial charge in [0, 0.05) is 13.0 Å². The van der Waals surface area contributed by atoms with Crippen LogP contribution in [0.5, 0.6) is 0 Å². The molecular weight excluding hydrogens is 304 g/mol. The van der Waals surface area contributed by atoms with E-state index in [2.05, 4.69) is 13.8 Å². The van der Waals surface area contributed by atoms with Crippen LogP contribution in [0, 0.1) is 0 Å². The van der Waals surface area contributed by atoms with Crippen LogP contribution < -0.4 is 4.90 Å². The molecule has 0 fully saturated rings. The summed E-state index contributed by atoms with van der Waals surface area (Å²) >= 11 is 0. The molecule has 1 aliphatic rings. The zero-order valence-electron chi connectivity index (χ0n) is 14.7.